The van der Waals surface area contributed by atoms with Crippen molar-refractivity contribution in [2.24, 2.45) is 5.92 Å². The quantitative estimate of drug-likeness (QED) is 0.909. The predicted molar refractivity (Wildman–Crippen MR) is 85.0 cm³/mol. The maximum absolute atomic E-state index is 14.1. The number of piperazine rings is 1. The first-order valence-electron chi connectivity index (χ1n) is 7.95. The van der Waals surface area contributed by atoms with E-state index in [-0.39, 0.29) is 11.4 Å². The monoisotopic (exact) mass is 310 g/mol. The maximum Gasteiger partial charge on any atom is 0.129 e. The van der Waals surface area contributed by atoms with Gasteiger partial charge in [0, 0.05) is 41.8 Å². The van der Waals surface area contributed by atoms with Crippen molar-refractivity contribution in [3.63, 3.8) is 0 Å². The van der Waals surface area contributed by atoms with E-state index in [1.807, 2.05) is 6.07 Å². The summed E-state index contributed by atoms with van der Waals surface area (Å²) in [5.41, 5.74) is 0.937. The highest BCUT2D eigenvalue weighted by atomic mass is 35.5. The molecule has 2 fully saturated rings. The minimum Gasteiger partial charge on any atom is -0.308 e. The van der Waals surface area contributed by atoms with Crippen LogP contribution in [0.4, 0.5) is 4.39 Å². The van der Waals surface area contributed by atoms with Crippen LogP contribution in [0.3, 0.4) is 0 Å². The van der Waals surface area contributed by atoms with Crippen molar-refractivity contribution in [2.45, 2.75) is 51.2 Å². The molecule has 4 heteroatoms. The first-order valence-corrected chi connectivity index (χ1v) is 8.32. The summed E-state index contributed by atoms with van der Waals surface area (Å²) in [6.07, 6.45) is 3.73. The average molecular weight is 311 g/mol. The van der Waals surface area contributed by atoms with Crippen LogP contribution in [0.5, 0.6) is 0 Å². The molecule has 2 nitrogen and oxygen atoms in total. The van der Waals surface area contributed by atoms with Crippen molar-refractivity contribution >= 4 is 11.6 Å². The van der Waals surface area contributed by atoms with E-state index in [0.29, 0.717) is 17.6 Å². The predicted octanol–water partition coefficient (Wildman–Crippen LogP) is 3.83. The molecule has 1 aliphatic carbocycles. The first kappa shape index (κ1) is 15.3. The van der Waals surface area contributed by atoms with Gasteiger partial charge in [0.2, 0.25) is 0 Å². The SMILES string of the molecule is CCC1CNC(C)(C2CC2)CN1Cc1ccc(Cl)cc1F. The Bertz CT molecular complexity index is 518. The minimum absolute atomic E-state index is 0.189. The molecule has 21 heavy (non-hydrogen) atoms. The van der Waals surface area contributed by atoms with Crippen molar-refractivity contribution in [3.8, 4) is 0 Å². The van der Waals surface area contributed by atoms with Crippen LogP contribution in [0.15, 0.2) is 18.2 Å². The van der Waals surface area contributed by atoms with Gasteiger partial charge in [0.05, 0.1) is 0 Å². The summed E-state index contributed by atoms with van der Waals surface area (Å²) >= 11 is 5.85. The zero-order valence-corrected chi connectivity index (χ0v) is 13.6. The lowest BCUT2D eigenvalue weighted by molar-refractivity contribution is 0.0657. The van der Waals surface area contributed by atoms with Gasteiger partial charge < -0.3 is 5.32 Å². The number of hydrogen-bond donors (Lipinski definition) is 1. The van der Waals surface area contributed by atoms with Gasteiger partial charge in [-0.1, -0.05) is 24.6 Å². The molecular formula is C17H24ClFN2. The second-order valence-electron chi connectivity index (χ2n) is 6.78. The average Bonchev–Trinajstić information content (AvgIpc) is 3.27. The molecule has 0 spiro atoms. The van der Waals surface area contributed by atoms with Gasteiger partial charge in [-0.3, -0.25) is 4.90 Å². The normalized spacial score (nSPS) is 30.6. The Morgan fingerprint density at radius 3 is 2.81 bits per heavy atom. The first-order chi connectivity index (χ1) is 10.0. The zero-order valence-electron chi connectivity index (χ0n) is 12.8. The maximum atomic E-state index is 14.1. The highest BCUT2D eigenvalue weighted by Crippen LogP contribution is 2.41. The van der Waals surface area contributed by atoms with Gasteiger partial charge in [-0.15, -0.1) is 0 Å². The van der Waals surface area contributed by atoms with Gasteiger partial charge >= 0.3 is 0 Å². The smallest absolute Gasteiger partial charge is 0.129 e. The van der Waals surface area contributed by atoms with Crippen LogP contribution in [-0.4, -0.2) is 29.6 Å². The lowest BCUT2D eigenvalue weighted by atomic mass is 9.90. The summed E-state index contributed by atoms with van der Waals surface area (Å²) in [4.78, 5) is 2.45. The standard InChI is InChI=1S/C17H24ClFN2/c1-3-15-9-20-17(2,13-5-6-13)11-21(15)10-12-4-7-14(18)8-16(12)19/h4,7-8,13,15,20H,3,5-6,9-11H2,1-2H3. The van der Waals surface area contributed by atoms with Crippen LogP contribution in [-0.2, 0) is 6.54 Å². The van der Waals surface area contributed by atoms with Gasteiger partial charge in [-0.05, 0) is 44.2 Å². The van der Waals surface area contributed by atoms with Crippen molar-refractivity contribution in [1.82, 2.24) is 10.2 Å². The lowest BCUT2D eigenvalue weighted by Crippen LogP contribution is -2.63. The number of benzene rings is 1. The van der Waals surface area contributed by atoms with Crippen LogP contribution >= 0.6 is 11.6 Å². The fourth-order valence-corrected chi connectivity index (χ4v) is 3.70. The molecule has 1 saturated heterocycles. The highest BCUT2D eigenvalue weighted by Gasteiger charge is 2.45. The van der Waals surface area contributed by atoms with Gasteiger partial charge in [-0.25, -0.2) is 4.39 Å². The number of hydrogen-bond acceptors (Lipinski definition) is 2. The molecule has 0 amide bonds. The third kappa shape index (κ3) is 3.25. The van der Waals surface area contributed by atoms with E-state index in [2.05, 4.69) is 24.1 Å². The molecule has 1 aromatic carbocycles. The summed E-state index contributed by atoms with van der Waals surface area (Å²) < 4.78 is 14.1. The molecule has 2 unspecified atom stereocenters. The molecule has 1 aromatic rings. The fraction of sp³-hybridized carbons (Fsp3) is 0.647. The fourth-order valence-electron chi connectivity index (χ4n) is 3.54. The summed E-state index contributed by atoms with van der Waals surface area (Å²) in [6.45, 7) is 7.20. The molecule has 1 aliphatic heterocycles. The van der Waals surface area contributed by atoms with E-state index in [0.717, 1.165) is 31.0 Å². The third-order valence-corrected chi connectivity index (χ3v) is 5.36. The van der Waals surface area contributed by atoms with E-state index in [4.69, 9.17) is 11.6 Å². The largest absolute Gasteiger partial charge is 0.308 e. The van der Waals surface area contributed by atoms with E-state index < -0.39 is 0 Å². The molecule has 1 heterocycles. The van der Waals surface area contributed by atoms with Gasteiger partial charge in [-0.2, -0.15) is 0 Å². The number of nitrogens with one attached hydrogen (secondary N) is 1. The third-order valence-electron chi connectivity index (χ3n) is 5.13. The molecule has 1 saturated carbocycles. The van der Waals surface area contributed by atoms with Gasteiger partial charge in [0.25, 0.3) is 0 Å². The van der Waals surface area contributed by atoms with Crippen molar-refractivity contribution in [3.05, 3.63) is 34.6 Å². The van der Waals surface area contributed by atoms with Gasteiger partial charge in [0.15, 0.2) is 0 Å². The molecular weight excluding hydrogens is 287 g/mol. The van der Waals surface area contributed by atoms with E-state index in [1.54, 1.807) is 6.07 Å². The summed E-state index contributed by atoms with van der Waals surface area (Å²) in [7, 11) is 0. The zero-order chi connectivity index (χ0) is 15.0. The van der Waals surface area contributed by atoms with E-state index >= 15 is 0 Å². The number of rotatable bonds is 4. The summed E-state index contributed by atoms with van der Waals surface area (Å²) in [5, 5.41) is 4.21. The molecule has 3 rings (SSSR count). The van der Waals surface area contributed by atoms with Crippen LogP contribution in [0, 0.1) is 11.7 Å². The molecule has 2 atom stereocenters. The molecule has 2 aliphatic rings. The molecule has 0 bridgehead atoms. The summed E-state index contributed by atoms with van der Waals surface area (Å²) in [5.74, 6) is 0.594. The Labute approximate surface area is 131 Å². The topological polar surface area (TPSA) is 15.3 Å². The van der Waals surface area contributed by atoms with Crippen LogP contribution in [0.25, 0.3) is 0 Å². The van der Waals surface area contributed by atoms with E-state index in [9.17, 15) is 4.39 Å². The molecule has 116 valence electrons. The van der Waals surface area contributed by atoms with Gasteiger partial charge in [0.1, 0.15) is 5.82 Å². The second kappa shape index (κ2) is 5.86. The number of halogens is 2. The van der Waals surface area contributed by atoms with Crippen molar-refractivity contribution < 1.29 is 4.39 Å². The second-order valence-corrected chi connectivity index (χ2v) is 7.21. The van der Waals surface area contributed by atoms with Crippen molar-refractivity contribution in [1.29, 1.82) is 0 Å². The Kier molecular flexibility index (Phi) is 4.26. The van der Waals surface area contributed by atoms with Crippen molar-refractivity contribution in [2.75, 3.05) is 13.1 Å². The highest BCUT2D eigenvalue weighted by molar-refractivity contribution is 6.30. The Morgan fingerprint density at radius 2 is 2.19 bits per heavy atom. The van der Waals surface area contributed by atoms with Crippen LogP contribution in [0.1, 0.15) is 38.7 Å². The Morgan fingerprint density at radius 1 is 1.43 bits per heavy atom. The summed E-state index contributed by atoms with van der Waals surface area (Å²) in [6, 6.07) is 5.50. The lowest BCUT2D eigenvalue weighted by Gasteiger charge is -2.46. The minimum atomic E-state index is -0.191. The van der Waals surface area contributed by atoms with E-state index in [1.165, 1.54) is 18.9 Å². The Hall–Kier alpha value is -0.640. The molecule has 0 aromatic heterocycles. The van der Waals surface area contributed by atoms with Crippen LogP contribution in [0.2, 0.25) is 5.02 Å². The molecule has 0 radical (unpaired) electrons. The number of nitrogens with zero attached hydrogens (tertiary/aromatic N) is 1. The molecule has 1 N–H and O–H groups in total. The van der Waals surface area contributed by atoms with Crippen LogP contribution < -0.4 is 5.32 Å². The Balaban J connectivity index is 1.76.